The van der Waals surface area contributed by atoms with Crippen LogP contribution < -0.4 is 0 Å². The predicted octanol–water partition coefficient (Wildman–Crippen LogP) is 2.50. The van der Waals surface area contributed by atoms with Crippen molar-refractivity contribution in [2.24, 2.45) is 11.8 Å². The van der Waals surface area contributed by atoms with Crippen molar-refractivity contribution in [3.8, 4) is 0 Å². The molecule has 1 heterocycles. The van der Waals surface area contributed by atoms with Gasteiger partial charge < -0.3 is 9.84 Å². The number of aliphatic hydroxyl groups excluding tert-OH is 1. The molecule has 0 bridgehead atoms. The smallest absolute Gasteiger partial charge is 0.161 e. The Labute approximate surface area is 86.3 Å². The van der Waals surface area contributed by atoms with E-state index in [1.165, 1.54) is 0 Å². The fourth-order valence-electron chi connectivity index (χ4n) is 1.67. The van der Waals surface area contributed by atoms with E-state index in [9.17, 15) is 5.11 Å². The van der Waals surface area contributed by atoms with Crippen molar-refractivity contribution in [3.63, 3.8) is 0 Å². The first-order valence-corrected chi connectivity index (χ1v) is 5.42. The van der Waals surface area contributed by atoms with Crippen LogP contribution in [0.5, 0.6) is 0 Å². The average Bonchev–Trinajstić information content (AvgIpc) is 2.53. The second-order valence-electron chi connectivity index (χ2n) is 3.64. The molecule has 2 nitrogen and oxygen atoms in total. The van der Waals surface area contributed by atoms with Gasteiger partial charge in [0.25, 0.3) is 0 Å². The van der Waals surface area contributed by atoms with Gasteiger partial charge in [-0.1, -0.05) is 38.2 Å². The van der Waals surface area contributed by atoms with Gasteiger partial charge in [-0.05, 0) is 12.8 Å². The normalized spacial score (nSPS) is 33.5. The van der Waals surface area contributed by atoms with Crippen LogP contribution in [-0.4, -0.2) is 18.0 Å². The number of allylic oxidation sites excluding steroid dienone is 2. The van der Waals surface area contributed by atoms with Gasteiger partial charge in [0, 0.05) is 11.8 Å². The van der Waals surface area contributed by atoms with Crippen LogP contribution in [0.1, 0.15) is 26.7 Å². The summed E-state index contributed by atoms with van der Waals surface area (Å²) in [6.07, 6.45) is 9.88. The molecule has 2 heteroatoms. The second-order valence-corrected chi connectivity index (χ2v) is 3.64. The summed E-state index contributed by atoms with van der Waals surface area (Å²) in [5.74, 6) is 0.477. The Kier molecular flexibility index (Phi) is 4.91. The minimum Gasteiger partial charge on any atom is -0.367 e. The molecule has 0 aliphatic carbocycles. The molecule has 14 heavy (non-hydrogen) atoms. The second kappa shape index (κ2) is 5.99. The minimum atomic E-state index is -0.621. The minimum absolute atomic E-state index is 0.137. The first-order chi connectivity index (χ1) is 6.79. The molecule has 0 spiro atoms. The summed E-state index contributed by atoms with van der Waals surface area (Å²) in [5, 5.41) is 9.58. The molecule has 0 aromatic rings. The Morgan fingerprint density at radius 3 is 2.50 bits per heavy atom. The van der Waals surface area contributed by atoms with Gasteiger partial charge in [0.2, 0.25) is 0 Å². The van der Waals surface area contributed by atoms with Gasteiger partial charge in [-0.25, -0.2) is 0 Å². The van der Waals surface area contributed by atoms with Crippen molar-refractivity contribution >= 4 is 0 Å². The average molecular weight is 196 g/mol. The van der Waals surface area contributed by atoms with Crippen LogP contribution >= 0.6 is 0 Å². The summed E-state index contributed by atoms with van der Waals surface area (Å²) in [4.78, 5) is 0. The molecule has 0 saturated carbocycles. The third kappa shape index (κ3) is 2.96. The molecule has 0 aromatic heterocycles. The van der Waals surface area contributed by atoms with Crippen molar-refractivity contribution in [2.75, 3.05) is 6.61 Å². The molecule has 1 aliphatic rings. The Hall–Kier alpha value is -0.600. The summed E-state index contributed by atoms with van der Waals surface area (Å²) in [6.45, 7) is 4.84. The van der Waals surface area contributed by atoms with E-state index in [2.05, 4.69) is 38.2 Å². The molecular formula is C12H20O2. The Balaban J connectivity index is 2.57. The third-order valence-electron chi connectivity index (χ3n) is 2.50. The maximum atomic E-state index is 9.58. The highest BCUT2D eigenvalue weighted by atomic mass is 16.6. The van der Waals surface area contributed by atoms with Gasteiger partial charge >= 0.3 is 0 Å². The molecule has 80 valence electrons. The van der Waals surface area contributed by atoms with Gasteiger partial charge in [-0.3, -0.25) is 0 Å². The number of hydrogen-bond donors (Lipinski definition) is 1. The van der Waals surface area contributed by atoms with E-state index >= 15 is 0 Å². The molecule has 1 rings (SSSR count). The zero-order chi connectivity index (χ0) is 10.4. The van der Waals surface area contributed by atoms with E-state index in [4.69, 9.17) is 4.74 Å². The lowest BCUT2D eigenvalue weighted by Crippen LogP contribution is -2.16. The fraction of sp³-hybridized carbons (Fsp3) is 0.667. The molecule has 1 fully saturated rings. The summed E-state index contributed by atoms with van der Waals surface area (Å²) in [7, 11) is 0. The van der Waals surface area contributed by atoms with E-state index in [1.54, 1.807) is 0 Å². The molecule has 3 atom stereocenters. The number of ether oxygens (including phenoxy) is 1. The van der Waals surface area contributed by atoms with Crippen molar-refractivity contribution in [3.05, 3.63) is 24.3 Å². The maximum Gasteiger partial charge on any atom is 0.161 e. The highest BCUT2D eigenvalue weighted by Gasteiger charge is 2.32. The van der Waals surface area contributed by atoms with Gasteiger partial charge in [0.1, 0.15) is 0 Å². The van der Waals surface area contributed by atoms with Crippen LogP contribution in [0.3, 0.4) is 0 Å². The Morgan fingerprint density at radius 1 is 1.21 bits per heavy atom. The standard InChI is InChI=1S/C12H20O2/c1-3-5-7-10-9-14-12(13)11(10)8-6-4-2/h5-8,10-13H,3-4,9H2,1-2H3/b7-5+,8-6+/t10-,11-,12?/m1/s1. The zero-order valence-electron chi connectivity index (χ0n) is 9.02. The van der Waals surface area contributed by atoms with Gasteiger partial charge in [-0.2, -0.15) is 0 Å². The fourth-order valence-corrected chi connectivity index (χ4v) is 1.67. The van der Waals surface area contributed by atoms with E-state index in [1.807, 2.05) is 0 Å². The Morgan fingerprint density at radius 2 is 1.86 bits per heavy atom. The number of hydrogen-bond acceptors (Lipinski definition) is 2. The van der Waals surface area contributed by atoms with Crippen LogP contribution in [0.25, 0.3) is 0 Å². The highest BCUT2D eigenvalue weighted by molar-refractivity contribution is 5.03. The van der Waals surface area contributed by atoms with E-state index < -0.39 is 6.29 Å². The molecule has 0 aromatic carbocycles. The summed E-state index contributed by atoms with van der Waals surface area (Å²) in [5.41, 5.74) is 0. The molecule has 1 saturated heterocycles. The molecular weight excluding hydrogens is 176 g/mol. The largest absolute Gasteiger partial charge is 0.367 e. The lowest BCUT2D eigenvalue weighted by atomic mass is 9.93. The van der Waals surface area contributed by atoms with Crippen molar-refractivity contribution < 1.29 is 9.84 Å². The lowest BCUT2D eigenvalue weighted by molar-refractivity contribution is -0.0735. The summed E-state index contributed by atoms with van der Waals surface area (Å²) >= 11 is 0. The lowest BCUT2D eigenvalue weighted by Gasteiger charge is -2.12. The van der Waals surface area contributed by atoms with Gasteiger partial charge in [0.05, 0.1) is 6.61 Å². The van der Waals surface area contributed by atoms with E-state index in [-0.39, 0.29) is 5.92 Å². The Bertz CT molecular complexity index is 208. The monoisotopic (exact) mass is 196 g/mol. The van der Waals surface area contributed by atoms with Gasteiger partial charge in [0.15, 0.2) is 6.29 Å². The summed E-state index contributed by atoms with van der Waals surface area (Å²) in [6, 6.07) is 0. The molecule has 1 N–H and O–H groups in total. The molecule has 1 unspecified atom stereocenters. The highest BCUT2D eigenvalue weighted by Crippen LogP contribution is 2.28. The van der Waals surface area contributed by atoms with Crippen molar-refractivity contribution in [2.45, 2.75) is 33.0 Å². The first kappa shape index (κ1) is 11.5. The van der Waals surface area contributed by atoms with Crippen LogP contribution in [-0.2, 0) is 4.74 Å². The van der Waals surface area contributed by atoms with Crippen LogP contribution in [0.15, 0.2) is 24.3 Å². The van der Waals surface area contributed by atoms with Crippen LogP contribution in [0, 0.1) is 11.8 Å². The number of aliphatic hydroxyl groups is 1. The molecule has 0 radical (unpaired) electrons. The topological polar surface area (TPSA) is 29.5 Å². The maximum absolute atomic E-state index is 9.58. The quantitative estimate of drug-likeness (QED) is 0.700. The third-order valence-corrected chi connectivity index (χ3v) is 2.50. The van der Waals surface area contributed by atoms with Crippen LogP contribution in [0.2, 0.25) is 0 Å². The SMILES string of the molecule is CC/C=C/[C@@H]1COC(O)[C@@H]1/C=C/CC. The van der Waals surface area contributed by atoms with E-state index in [0.717, 1.165) is 12.8 Å². The molecule has 0 amide bonds. The summed E-state index contributed by atoms with van der Waals surface area (Å²) < 4.78 is 5.23. The van der Waals surface area contributed by atoms with Crippen molar-refractivity contribution in [1.82, 2.24) is 0 Å². The number of rotatable bonds is 4. The first-order valence-electron chi connectivity index (χ1n) is 5.42. The zero-order valence-corrected chi connectivity index (χ0v) is 9.02. The van der Waals surface area contributed by atoms with Crippen LogP contribution in [0.4, 0.5) is 0 Å². The predicted molar refractivity (Wildman–Crippen MR) is 57.8 cm³/mol. The molecule has 1 aliphatic heterocycles. The van der Waals surface area contributed by atoms with E-state index in [0.29, 0.717) is 12.5 Å². The van der Waals surface area contributed by atoms with Crippen molar-refractivity contribution in [1.29, 1.82) is 0 Å². The van der Waals surface area contributed by atoms with Gasteiger partial charge in [-0.15, -0.1) is 0 Å².